The summed E-state index contributed by atoms with van der Waals surface area (Å²) in [6, 6.07) is 1.56. The highest BCUT2D eigenvalue weighted by Crippen LogP contribution is 2.19. The molecule has 1 atom stereocenters. The molecule has 0 spiro atoms. The molecular formula is C15H31N3. The summed E-state index contributed by atoms with van der Waals surface area (Å²) in [5.41, 5.74) is 0. The fraction of sp³-hybridized carbons (Fsp3) is 1.00. The van der Waals surface area contributed by atoms with Crippen LogP contribution in [0.1, 0.15) is 39.5 Å². The Labute approximate surface area is 113 Å². The van der Waals surface area contributed by atoms with Crippen molar-refractivity contribution < 1.29 is 0 Å². The van der Waals surface area contributed by atoms with Crippen LogP contribution >= 0.6 is 0 Å². The molecule has 3 nitrogen and oxygen atoms in total. The molecule has 2 fully saturated rings. The van der Waals surface area contributed by atoms with Crippen LogP contribution in [0.25, 0.3) is 0 Å². The first kappa shape index (κ1) is 14.3. The summed E-state index contributed by atoms with van der Waals surface area (Å²) < 4.78 is 0. The van der Waals surface area contributed by atoms with Crippen LogP contribution in [0, 0.1) is 5.92 Å². The first-order valence-electron chi connectivity index (χ1n) is 7.81. The van der Waals surface area contributed by atoms with E-state index in [1.807, 2.05) is 0 Å². The van der Waals surface area contributed by atoms with E-state index in [-0.39, 0.29) is 0 Å². The molecule has 2 rings (SSSR count). The quantitative estimate of drug-likeness (QED) is 0.827. The predicted octanol–water partition coefficient (Wildman–Crippen LogP) is 1.79. The van der Waals surface area contributed by atoms with Crippen LogP contribution in [-0.2, 0) is 0 Å². The summed E-state index contributed by atoms with van der Waals surface area (Å²) in [5.74, 6) is 0.805. The first-order chi connectivity index (χ1) is 8.65. The minimum atomic E-state index is 0.715. The molecule has 0 aromatic carbocycles. The Kier molecular flexibility index (Phi) is 5.46. The standard InChI is InChI=1S/C15H31N3/c1-13(2)11-14-12-18(8-4-7-16-14)15-5-9-17(3)10-6-15/h13-16H,4-12H2,1-3H3. The molecule has 2 saturated heterocycles. The zero-order chi connectivity index (χ0) is 13.0. The predicted molar refractivity (Wildman–Crippen MR) is 78.0 cm³/mol. The van der Waals surface area contributed by atoms with E-state index in [4.69, 9.17) is 0 Å². The van der Waals surface area contributed by atoms with Gasteiger partial charge in [0, 0.05) is 18.6 Å². The third kappa shape index (κ3) is 4.22. The van der Waals surface area contributed by atoms with Crippen molar-refractivity contribution in [2.24, 2.45) is 5.92 Å². The molecule has 0 radical (unpaired) electrons. The Hall–Kier alpha value is -0.120. The molecule has 0 aliphatic carbocycles. The van der Waals surface area contributed by atoms with E-state index >= 15 is 0 Å². The molecule has 0 saturated carbocycles. The van der Waals surface area contributed by atoms with Gasteiger partial charge in [-0.25, -0.2) is 0 Å². The third-order valence-electron chi connectivity index (χ3n) is 4.47. The van der Waals surface area contributed by atoms with Crippen LogP contribution in [-0.4, -0.2) is 61.7 Å². The van der Waals surface area contributed by atoms with Crippen LogP contribution in [0.3, 0.4) is 0 Å². The number of rotatable bonds is 3. The topological polar surface area (TPSA) is 18.5 Å². The van der Waals surface area contributed by atoms with Gasteiger partial charge in [0.15, 0.2) is 0 Å². The number of hydrogen-bond donors (Lipinski definition) is 1. The van der Waals surface area contributed by atoms with Crippen LogP contribution in [0.5, 0.6) is 0 Å². The lowest BCUT2D eigenvalue weighted by molar-refractivity contribution is 0.117. The normalized spacial score (nSPS) is 29.7. The van der Waals surface area contributed by atoms with E-state index in [9.17, 15) is 0 Å². The minimum Gasteiger partial charge on any atom is -0.313 e. The lowest BCUT2D eigenvalue weighted by atomic mass is 10.00. The average Bonchev–Trinajstić information content (AvgIpc) is 2.55. The molecular weight excluding hydrogens is 222 g/mol. The fourth-order valence-corrected chi connectivity index (χ4v) is 3.45. The largest absolute Gasteiger partial charge is 0.313 e. The lowest BCUT2D eigenvalue weighted by Crippen LogP contribution is -2.47. The van der Waals surface area contributed by atoms with Crippen molar-refractivity contribution >= 4 is 0 Å². The summed E-state index contributed by atoms with van der Waals surface area (Å²) >= 11 is 0. The zero-order valence-corrected chi connectivity index (χ0v) is 12.5. The Bertz CT molecular complexity index is 234. The monoisotopic (exact) mass is 253 g/mol. The molecule has 0 bridgehead atoms. The Morgan fingerprint density at radius 1 is 1.17 bits per heavy atom. The maximum absolute atomic E-state index is 3.74. The van der Waals surface area contributed by atoms with E-state index in [0.717, 1.165) is 12.0 Å². The molecule has 0 aromatic heterocycles. The number of likely N-dealkylation sites (tertiary alicyclic amines) is 1. The van der Waals surface area contributed by atoms with Gasteiger partial charge in [-0.15, -0.1) is 0 Å². The Balaban J connectivity index is 1.86. The van der Waals surface area contributed by atoms with Crippen LogP contribution < -0.4 is 5.32 Å². The van der Waals surface area contributed by atoms with Gasteiger partial charge in [0.2, 0.25) is 0 Å². The summed E-state index contributed by atoms with van der Waals surface area (Å²) in [7, 11) is 2.25. The molecule has 1 unspecified atom stereocenters. The highest BCUT2D eigenvalue weighted by molar-refractivity contribution is 4.84. The van der Waals surface area contributed by atoms with Gasteiger partial charge in [-0.3, -0.25) is 4.90 Å². The highest BCUT2D eigenvalue weighted by atomic mass is 15.2. The number of nitrogens with zero attached hydrogens (tertiary/aromatic N) is 2. The summed E-state index contributed by atoms with van der Waals surface area (Å²) in [5, 5.41) is 3.74. The van der Waals surface area contributed by atoms with Crippen molar-refractivity contribution in [2.75, 3.05) is 39.8 Å². The molecule has 0 aromatic rings. The van der Waals surface area contributed by atoms with Gasteiger partial charge in [-0.1, -0.05) is 13.8 Å². The maximum Gasteiger partial charge on any atom is 0.0197 e. The summed E-state index contributed by atoms with van der Waals surface area (Å²) in [4.78, 5) is 5.25. The molecule has 3 heteroatoms. The van der Waals surface area contributed by atoms with Gasteiger partial charge < -0.3 is 10.2 Å². The average molecular weight is 253 g/mol. The van der Waals surface area contributed by atoms with Crippen molar-refractivity contribution in [3.05, 3.63) is 0 Å². The lowest BCUT2D eigenvalue weighted by Gasteiger charge is -2.38. The Morgan fingerprint density at radius 3 is 2.56 bits per heavy atom. The van der Waals surface area contributed by atoms with Crippen LogP contribution in [0.4, 0.5) is 0 Å². The molecule has 1 N–H and O–H groups in total. The third-order valence-corrected chi connectivity index (χ3v) is 4.47. The van der Waals surface area contributed by atoms with Crippen molar-refractivity contribution in [3.8, 4) is 0 Å². The van der Waals surface area contributed by atoms with Crippen LogP contribution in [0.2, 0.25) is 0 Å². The van der Waals surface area contributed by atoms with Crippen molar-refractivity contribution in [2.45, 2.75) is 51.6 Å². The van der Waals surface area contributed by atoms with Gasteiger partial charge in [0.25, 0.3) is 0 Å². The van der Waals surface area contributed by atoms with E-state index in [1.165, 1.54) is 58.4 Å². The van der Waals surface area contributed by atoms with E-state index in [0.29, 0.717) is 6.04 Å². The smallest absolute Gasteiger partial charge is 0.0197 e. The summed E-state index contributed by atoms with van der Waals surface area (Å²) in [6.45, 7) is 11.0. The molecule has 0 amide bonds. The van der Waals surface area contributed by atoms with E-state index in [1.54, 1.807) is 0 Å². The summed E-state index contributed by atoms with van der Waals surface area (Å²) in [6.07, 6.45) is 5.37. The Morgan fingerprint density at radius 2 is 1.89 bits per heavy atom. The van der Waals surface area contributed by atoms with Gasteiger partial charge >= 0.3 is 0 Å². The van der Waals surface area contributed by atoms with Gasteiger partial charge in [-0.2, -0.15) is 0 Å². The van der Waals surface area contributed by atoms with Crippen LogP contribution in [0.15, 0.2) is 0 Å². The maximum atomic E-state index is 3.74. The number of piperidine rings is 1. The molecule has 2 heterocycles. The second kappa shape index (κ2) is 6.88. The highest BCUT2D eigenvalue weighted by Gasteiger charge is 2.26. The second-order valence-electron chi connectivity index (χ2n) is 6.66. The van der Waals surface area contributed by atoms with Gasteiger partial charge in [-0.05, 0) is 64.8 Å². The van der Waals surface area contributed by atoms with Gasteiger partial charge in [0.1, 0.15) is 0 Å². The zero-order valence-electron chi connectivity index (χ0n) is 12.5. The van der Waals surface area contributed by atoms with E-state index in [2.05, 4.69) is 36.0 Å². The SMILES string of the molecule is CC(C)CC1CN(C2CCN(C)CC2)CCCN1. The fourth-order valence-electron chi connectivity index (χ4n) is 3.45. The minimum absolute atomic E-state index is 0.715. The number of hydrogen-bond acceptors (Lipinski definition) is 3. The second-order valence-corrected chi connectivity index (χ2v) is 6.66. The molecule has 2 aliphatic rings. The molecule has 18 heavy (non-hydrogen) atoms. The first-order valence-corrected chi connectivity index (χ1v) is 7.81. The van der Waals surface area contributed by atoms with Crippen molar-refractivity contribution in [1.82, 2.24) is 15.1 Å². The molecule has 2 aliphatic heterocycles. The van der Waals surface area contributed by atoms with Crippen molar-refractivity contribution in [3.63, 3.8) is 0 Å². The number of nitrogens with one attached hydrogen (secondary N) is 1. The molecule has 106 valence electrons. The van der Waals surface area contributed by atoms with E-state index < -0.39 is 0 Å². The van der Waals surface area contributed by atoms with Crippen molar-refractivity contribution in [1.29, 1.82) is 0 Å². The van der Waals surface area contributed by atoms with Gasteiger partial charge in [0.05, 0.1) is 0 Å².